The molecule has 0 heterocycles. The third-order valence-electron chi connectivity index (χ3n) is 4.89. The van der Waals surface area contributed by atoms with Gasteiger partial charge >= 0.3 is 18.5 Å². The van der Waals surface area contributed by atoms with Crippen LogP contribution in [0.25, 0.3) is 5.83 Å². The monoisotopic (exact) mass is 675 g/mol. The minimum Gasteiger partial charge on any atom is -0.616 e. The first-order valence-corrected chi connectivity index (χ1v) is 13.2. The first-order chi connectivity index (χ1) is 17.7. The molecule has 0 aliphatic rings. The third kappa shape index (κ3) is 10.2. The fraction of sp³-hybridized carbons (Fsp3) is 0.348. The minimum absolute atomic E-state index is 0.0609. The summed E-state index contributed by atoms with van der Waals surface area (Å²) in [6.07, 6.45) is -15.0. The maximum atomic E-state index is 14.9. The largest absolute Gasteiger partial charge is 0.616 e. The molecular formula is C23H17BrClF10NO2S. The van der Waals surface area contributed by atoms with E-state index in [9.17, 15) is 53.3 Å². The lowest BCUT2D eigenvalue weighted by molar-refractivity contribution is -0.140. The minimum atomic E-state index is -5.27. The maximum absolute atomic E-state index is 14.9. The lowest BCUT2D eigenvalue weighted by Crippen LogP contribution is -2.40. The number of alkyl halides is 9. The number of hydrogen-bond acceptors (Lipinski definition) is 2. The van der Waals surface area contributed by atoms with E-state index in [2.05, 4.69) is 15.9 Å². The van der Waals surface area contributed by atoms with Gasteiger partial charge in [-0.3, -0.25) is 4.79 Å². The van der Waals surface area contributed by atoms with E-state index in [1.807, 2.05) is 5.32 Å². The molecule has 0 bridgehead atoms. The Morgan fingerprint density at radius 2 is 1.69 bits per heavy atom. The number of amides is 1. The molecule has 0 spiro atoms. The molecule has 0 aromatic heterocycles. The molecule has 2 aromatic carbocycles. The Bertz CT molecular complexity index is 1200. The summed E-state index contributed by atoms with van der Waals surface area (Å²) in [5.41, 5.74) is -4.20. The molecule has 0 saturated heterocycles. The number of nitrogens with one attached hydrogen (secondary N) is 1. The number of carbonyl (C=O) groups excluding carboxylic acids is 1. The predicted octanol–water partition coefficient (Wildman–Crippen LogP) is 8.21. The zero-order chi connectivity index (χ0) is 29.9. The fourth-order valence-electron chi connectivity index (χ4n) is 3.37. The van der Waals surface area contributed by atoms with Crippen LogP contribution in [0.3, 0.4) is 0 Å². The Kier molecular flexibility index (Phi) is 10.8. The molecule has 1 N–H and O–H groups in total. The van der Waals surface area contributed by atoms with Crippen molar-refractivity contribution in [2.45, 2.75) is 37.4 Å². The summed E-state index contributed by atoms with van der Waals surface area (Å²) < 4.78 is 146. The van der Waals surface area contributed by atoms with Crippen LogP contribution in [0.15, 0.2) is 46.9 Å². The average Bonchev–Trinajstić information content (AvgIpc) is 2.73. The summed E-state index contributed by atoms with van der Waals surface area (Å²) in [6.45, 7) is 1.11. The van der Waals surface area contributed by atoms with E-state index >= 15 is 0 Å². The van der Waals surface area contributed by atoms with Crippen LogP contribution in [0.2, 0.25) is 5.02 Å². The molecule has 0 saturated carbocycles. The second-order valence-electron chi connectivity index (χ2n) is 8.24. The molecule has 16 heteroatoms. The van der Waals surface area contributed by atoms with Crippen LogP contribution in [0.4, 0.5) is 43.9 Å². The lowest BCUT2D eigenvalue weighted by Gasteiger charge is -2.20. The summed E-state index contributed by atoms with van der Waals surface area (Å²) in [4.78, 5) is 12.4. The quantitative estimate of drug-likeness (QED) is 0.227. The van der Waals surface area contributed by atoms with Crippen molar-refractivity contribution in [2.75, 3.05) is 11.5 Å². The average molecular weight is 677 g/mol. The molecular weight excluding hydrogens is 660 g/mol. The van der Waals surface area contributed by atoms with Gasteiger partial charge in [0.2, 0.25) is 5.75 Å². The van der Waals surface area contributed by atoms with Gasteiger partial charge in [-0.05, 0) is 60.1 Å². The molecule has 216 valence electrons. The number of hydrogen-bond donors (Lipinski definition) is 1. The van der Waals surface area contributed by atoms with Crippen molar-refractivity contribution in [2.24, 2.45) is 0 Å². The van der Waals surface area contributed by atoms with Gasteiger partial charge in [-0.15, -0.1) is 0 Å². The first-order valence-electron chi connectivity index (χ1n) is 10.5. The SMILES string of the molecule is C[C@H](C[S+]([O-])CC(F)(F)F)NC(=O)c1ccc(/C(F)=C/C(c2cc(Cl)cc(Br)c2)C(F)(F)F)cc1C(F)(F)F. The van der Waals surface area contributed by atoms with E-state index in [4.69, 9.17) is 11.6 Å². The normalized spacial score (nSPS) is 15.6. The van der Waals surface area contributed by atoms with Crippen molar-refractivity contribution in [1.82, 2.24) is 5.32 Å². The van der Waals surface area contributed by atoms with Crippen molar-refractivity contribution < 1.29 is 53.3 Å². The van der Waals surface area contributed by atoms with Crippen LogP contribution >= 0.6 is 27.5 Å². The third-order valence-corrected chi connectivity index (χ3v) is 7.09. The first kappa shape index (κ1) is 33.2. The second-order valence-corrected chi connectivity index (χ2v) is 11.1. The smallest absolute Gasteiger partial charge is 0.433 e. The second kappa shape index (κ2) is 12.7. The van der Waals surface area contributed by atoms with Crippen LogP contribution in [-0.4, -0.2) is 40.4 Å². The van der Waals surface area contributed by atoms with Crippen LogP contribution in [0.1, 0.15) is 39.9 Å². The van der Waals surface area contributed by atoms with Crippen molar-refractivity contribution >= 4 is 50.4 Å². The Morgan fingerprint density at radius 3 is 2.21 bits per heavy atom. The highest BCUT2D eigenvalue weighted by Crippen LogP contribution is 2.41. The van der Waals surface area contributed by atoms with Gasteiger partial charge in [0, 0.05) is 15.1 Å². The summed E-state index contributed by atoms with van der Waals surface area (Å²) >= 11 is 6.25. The zero-order valence-corrected chi connectivity index (χ0v) is 22.5. The summed E-state index contributed by atoms with van der Waals surface area (Å²) in [6, 6.07) is 3.23. The molecule has 2 aromatic rings. The molecule has 3 atom stereocenters. The summed E-state index contributed by atoms with van der Waals surface area (Å²) in [5, 5.41) is 1.87. The number of rotatable bonds is 8. The molecule has 0 fully saturated rings. The Labute approximate surface area is 231 Å². The van der Waals surface area contributed by atoms with Gasteiger partial charge in [0.1, 0.15) is 17.5 Å². The molecule has 2 rings (SSSR count). The highest BCUT2D eigenvalue weighted by atomic mass is 79.9. The van der Waals surface area contributed by atoms with Gasteiger partial charge in [-0.2, -0.15) is 39.5 Å². The molecule has 39 heavy (non-hydrogen) atoms. The van der Waals surface area contributed by atoms with E-state index in [1.165, 1.54) is 6.07 Å². The van der Waals surface area contributed by atoms with Crippen molar-refractivity contribution in [3.8, 4) is 0 Å². The van der Waals surface area contributed by atoms with Gasteiger partial charge in [0.25, 0.3) is 5.91 Å². The molecule has 0 radical (unpaired) electrons. The summed E-state index contributed by atoms with van der Waals surface area (Å²) in [7, 11) is 0. The molecule has 0 aliphatic carbocycles. The highest BCUT2D eigenvalue weighted by molar-refractivity contribution is 9.10. The number of halogens is 12. The van der Waals surface area contributed by atoms with Crippen LogP contribution in [0, 0.1) is 0 Å². The Balaban J connectivity index is 2.41. The van der Waals surface area contributed by atoms with E-state index in [-0.39, 0.29) is 21.6 Å². The zero-order valence-electron chi connectivity index (χ0n) is 19.4. The molecule has 2 unspecified atom stereocenters. The van der Waals surface area contributed by atoms with Gasteiger partial charge < -0.3 is 9.87 Å². The Hall–Kier alpha value is -1.97. The number of benzene rings is 2. The molecule has 1 amide bonds. The van der Waals surface area contributed by atoms with E-state index < -0.39 is 87.2 Å². The van der Waals surface area contributed by atoms with E-state index in [1.54, 1.807) is 0 Å². The fourth-order valence-corrected chi connectivity index (χ4v) is 5.38. The molecule has 0 aliphatic heterocycles. The Morgan fingerprint density at radius 1 is 1.08 bits per heavy atom. The van der Waals surface area contributed by atoms with Crippen LogP contribution in [-0.2, 0) is 17.4 Å². The van der Waals surface area contributed by atoms with Gasteiger partial charge in [0.15, 0.2) is 0 Å². The van der Waals surface area contributed by atoms with Gasteiger partial charge in [0.05, 0.1) is 17.2 Å². The standard InChI is InChI=1S/C23H17BrClF10NO2S/c1-11(9-39(38)10-21(27,28)29)36-20(37)16-3-2-12(6-18(16)23(33,34)35)19(26)8-17(22(30,31)32)13-4-14(24)7-15(25)5-13/h2-8,11,17H,9-10H2,1H3,(H,36,37)/b19-8-/t11-,17?,39?/m1/s1. The number of allylic oxidation sites excluding steroid dienone is 1. The van der Waals surface area contributed by atoms with E-state index in [0.717, 1.165) is 19.1 Å². The predicted molar refractivity (Wildman–Crippen MR) is 129 cm³/mol. The van der Waals surface area contributed by atoms with E-state index in [0.29, 0.717) is 12.1 Å². The van der Waals surface area contributed by atoms with Gasteiger partial charge in [-0.25, -0.2) is 4.39 Å². The molecule has 3 nitrogen and oxygen atoms in total. The van der Waals surface area contributed by atoms with Crippen molar-refractivity contribution in [3.63, 3.8) is 0 Å². The number of carbonyl (C=O) groups is 1. The highest BCUT2D eigenvalue weighted by Gasteiger charge is 2.41. The lowest BCUT2D eigenvalue weighted by atomic mass is 9.95. The van der Waals surface area contributed by atoms with Crippen molar-refractivity contribution in [3.05, 3.63) is 74.2 Å². The topological polar surface area (TPSA) is 52.2 Å². The van der Waals surface area contributed by atoms with Crippen molar-refractivity contribution in [1.29, 1.82) is 0 Å². The summed E-state index contributed by atoms with van der Waals surface area (Å²) in [5.74, 6) is -8.11. The van der Waals surface area contributed by atoms with Crippen LogP contribution < -0.4 is 5.32 Å². The van der Waals surface area contributed by atoms with Crippen LogP contribution in [0.5, 0.6) is 0 Å². The van der Waals surface area contributed by atoms with Gasteiger partial charge in [-0.1, -0.05) is 33.6 Å². The maximum Gasteiger partial charge on any atom is 0.433 e.